The molecule has 1 unspecified atom stereocenters. The quantitative estimate of drug-likeness (QED) is 0.742. The molecule has 1 N–H and O–H groups in total. The van der Waals surface area contributed by atoms with Crippen molar-refractivity contribution in [3.63, 3.8) is 0 Å². The zero-order chi connectivity index (χ0) is 18.4. The molecular formula is C17H21N5O2S2. The molecule has 0 aromatic carbocycles. The Kier molecular flexibility index (Phi) is 4.45. The highest BCUT2D eigenvalue weighted by atomic mass is 32.1. The number of carbonyl (C=O) groups excluding carboxylic acids is 1. The van der Waals surface area contributed by atoms with E-state index in [0.717, 1.165) is 18.0 Å². The molecule has 1 fully saturated rings. The largest absolute Gasteiger partial charge is 0.492 e. The number of aryl methyl sites for hydroxylation is 2. The molecule has 0 spiro atoms. The van der Waals surface area contributed by atoms with Crippen molar-refractivity contribution < 1.29 is 9.90 Å². The van der Waals surface area contributed by atoms with Crippen molar-refractivity contribution in [3.8, 4) is 5.88 Å². The molecule has 1 atom stereocenters. The van der Waals surface area contributed by atoms with Gasteiger partial charge in [0.05, 0.1) is 10.9 Å². The Morgan fingerprint density at radius 2 is 1.96 bits per heavy atom. The first-order valence-electron chi connectivity index (χ1n) is 8.54. The Morgan fingerprint density at radius 3 is 2.54 bits per heavy atom. The number of aromatic hydroxyl groups is 1. The first-order chi connectivity index (χ1) is 12.5. The van der Waals surface area contributed by atoms with Crippen molar-refractivity contribution in [2.45, 2.75) is 26.8 Å². The van der Waals surface area contributed by atoms with E-state index in [1.165, 1.54) is 26.3 Å². The van der Waals surface area contributed by atoms with Crippen LogP contribution < -0.4 is 0 Å². The Morgan fingerprint density at radius 1 is 1.23 bits per heavy atom. The van der Waals surface area contributed by atoms with Gasteiger partial charge in [0.25, 0.3) is 0 Å². The summed E-state index contributed by atoms with van der Waals surface area (Å²) in [4.78, 5) is 23.1. The fourth-order valence-electron chi connectivity index (χ4n) is 3.44. The van der Waals surface area contributed by atoms with Gasteiger partial charge in [-0.2, -0.15) is 4.52 Å². The molecule has 7 nitrogen and oxygen atoms in total. The number of fused-ring (bicyclic) bond motifs is 1. The molecule has 1 aliphatic rings. The van der Waals surface area contributed by atoms with E-state index < -0.39 is 0 Å². The molecule has 1 aliphatic heterocycles. The van der Waals surface area contributed by atoms with E-state index >= 15 is 0 Å². The highest BCUT2D eigenvalue weighted by Crippen LogP contribution is 2.42. The van der Waals surface area contributed by atoms with Crippen LogP contribution in [0.2, 0.25) is 0 Å². The third kappa shape index (κ3) is 2.89. The zero-order valence-corrected chi connectivity index (χ0v) is 16.6. The van der Waals surface area contributed by atoms with Crippen LogP contribution in [0.15, 0.2) is 11.4 Å². The lowest BCUT2D eigenvalue weighted by Crippen LogP contribution is -2.49. The standard InChI is InChI=1S/C17H21N5O2S2/c1-10-4-9-25-14(10)13(21-7-5-20(6-8-21)12(3)23)15-16(24)22-17(26-15)18-11(2)19-22/h4,9,13,24H,5-8H2,1-3H3. The summed E-state index contributed by atoms with van der Waals surface area (Å²) in [6.45, 7) is 8.49. The van der Waals surface area contributed by atoms with Crippen molar-refractivity contribution in [1.82, 2.24) is 24.4 Å². The second-order valence-electron chi connectivity index (χ2n) is 6.56. The van der Waals surface area contributed by atoms with Gasteiger partial charge in [-0.05, 0) is 30.9 Å². The van der Waals surface area contributed by atoms with Crippen molar-refractivity contribution in [1.29, 1.82) is 0 Å². The minimum absolute atomic E-state index is 0.0436. The Hall–Kier alpha value is -1.97. The van der Waals surface area contributed by atoms with Gasteiger partial charge in [0.15, 0.2) is 0 Å². The molecular weight excluding hydrogens is 370 g/mol. The number of piperazine rings is 1. The number of amides is 1. The van der Waals surface area contributed by atoms with Crippen molar-refractivity contribution >= 4 is 33.5 Å². The molecule has 4 heterocycles. The second kappa shape index (κ2) is 6.64. The molecule has 26 heavy (non-hydrogen) atoms. The summed E-state index contributed by atoms with van der Waals surface area (Å²) in [6, 6.07) is 2.06. The summed E-state index contributed by atoms with van der Waals surface area (Å²) in [7, 11) is 0. The van der Waals surface area contributed by atoms with Gasteiger partial charge in [-0.1, -0.05) is 11.3 Å². The molecule has 0 aliphatic carbocycles. The predicted molar refractivity (Wildman–Crippen MR) is 102 cm³/mol. The number of carbonyl (C=O) groups is 1. The first-order valence-corrected chi connectivity index (χ1v) is 10.2. The topological polar surface area (TPSA) is 74.0 Å². The van der Waals surface area contributed by atoms with Crippen LogP contribution in [0.25, 0.3) is 4.96 Å². The molecule has 1 saturated heterocycles. The summed E-state index contributed by atoms with van der Waals surface area (Å²) < 4.78 is 1.52. The molecule has 4 rings (SSSR count). The van der Waals surface area contributed by atoms with Gasteiger partial charge in [0.2, 0.25) is 16.7 Å². The van der Waals surface area contributed by atoms with Crippen molar-refractivity contribution in [2.75, 3.05) is 26.2 Å². The minimum atomic E-state index is -0.0436. The van der Waals surface area contributed by atoms with E-state index in [0.29, 0.717) is 23.9 Å². The number of rotatable bonds is 3. The van der Waals surface area contributed by atoms with Gasteiger partial charge in [0, 0.05) is 38.0 Å². The van der Waals surface area contributed by atoms with E-state index in [2.05, 4.69) is 33.4 Å². The minimum Gasteiger partial charge on any atom is -0.492 e. The first kappa shape index (κ1) is 17.4. The molecule has 1 amide bonds. The molecule has 0 bridgehead atoms. The number of nitrogens with zero attached hydrogens (tertiary/aromatic N) is 5. The third-order valence-corrected chi connectivity index (χ3v) is 6.97. The maximum absolute atomic E-state index is 11.6. The summed E-state index contributed by atoms with van der Waals surface area (Å²) >= 11 is 3.19. The number of aromatic nitrogens is 3. The van der Waals surface area contributed by atoms with E-state index in [-0.39, 0.29) is 17.8 Å². The highest BCUT2D eigenvalue weighted by Gasteiger charge is 2.33. The van der Waals surface area contributed by atoms with Crippen LogP contribution in [0.1, 0.15) is 34.1 Å². The summed E-state index contributed by atoms with van der Waals surface area (Å²) in [5.41, 5.74) is 1.21. The maximum atomic E-state index is 11.6. The lowest BCUT2D eigenvalue weighted by Gasteiger charge is -2.38. The highest BCUT2D eigenvalue weighted by molar-refractivity contribution is 7.17. The molecule has 3 aromatic rings. The predicted octanol–water partition coefficient (Wildman–Crippen LogP) is 2.43. The zero-order valence-electron chi connectivity index (χ0n) is 15.0. The normalized spacial score (nSPS) is 17.1. The van der Waals surface area contributed by atoms with Crippen LogP contribution in [0, 0.1) is 13.8 Å². The van der Waals surface area contributed by atoms with Crippen LogP contribution in [0.3, 0.4) is 0 Å². The van der Waals surface area contributed by atoms with E-state index in [1.807, 2.05) is 11.8 Å². The second-order valence-corrected chi connectivity index (χ2v) is 8.51. The maximum Gasteiger partial charge on any atom is 0.230 e. The van der Waals surface area contributed by atoms with Crippen LogP contribution >= 0.6 is 22.7 Å². The Balaban J connectivity index is 1.74. The summed E-state index contributed by atoms with van der Waals surface area (Å²) in [5.74, 6) is 0.931. The number of hydrogen-bond donors (Lipinski definition) is 1. The van der Waals surface area contributed by atoms with E-state index in [1.54, 1.807) is 18.3 Å². The van der Waals surface area contributed by atoms with Crippen LogP contribution in [0.5, 0.6) is 5.88 Å². The Bertz CT molecular complexity index is 952. The SMILES string of the molecule is CC(=O)N1CCN(C(c2sccc2C)c2sc3nc(C)nn3c2O)CC1. The molecule has 9 heteroatoms. The number of thiophene rings is 1. The van der Waals surface area contributed by atoms with Gasteiger partial charge < -0.3 is 10.0 Å². The van der Waals surface area contributed by atoms with Crippen LogP contribution in [-0.4, -0.2) is 61.6 Å². The number of thiazole rings is 1. The summed E-state index contributed by atoms with van der Waals surface area (Å²) in [5, 5.41) is 17.2. The molecule has 138 valence electrons. The van der Waals surface area contributed by atoms with Gasteiger partial charge in [-0.15, -0.1) is 16.4 Å². The average molecular weight is 392 g/mol. The van der Waals surface area contributed by atoms with Gasteiger partial charge in [-0.3, -0.25) is 9.69 Å². The lowest BCUT2D eigenvalue weighted by molar-refractivity contribution is -0.130. The molecule has 3 aromatic heterocycles. The number of hydrogen-bond acceptors (Lipinski definition) is 7. The van der Waals surface area contributed by atoms with Crippen LogP contribution in [-0.2, 0) is 4.79 Å². The van der Waals surface area contributed by atoms with Crippen molar-refractivity contribution in [3.05, 3.63) is 32.6 Å². The Labute approximate surface area is 159 Å². The third-order valence-electron chi connectivity index (χ3n) is 4.83. The monoisotopic (exact) mass is 391 g/mol. The van der Waals surface area contributed by atoms with Gasteiger partial charge >= 0.3 is 0 Å². The fourth-order valence-corrected chi connectivity index (χ4v) is 5.72. The smallest absolute Gasteiger partial charge is 0.230 e. The lowest BCUT2D eigenvalue weighted by atomic mass is 10.1. The fraction of sp³-hybridized carbons (Fsp3) is 0.471. The molecule has 0 saturated carbocycles. The van der Waals surface area contributed by atoms with E-state index in [9.17, 15) is 9.90 Å². The molecule has 0 radical (unpaired) electrons. The average Bonchev–Trinajstić information content (AvgIpc) is 3.27. The van der Waals surface area contributed by atoms with Gasteiger partial charge in [0.1, 0.15) is 5.82 Å². The summed E-state index contributed by atoms with van der Waals surface area (Å²) in [6.07, 6.45) is 0. The van der Waals surface area contributed by atoms with Crippen molar-refractivity contribution in [2.24, 2.45) is 0 Å². The van der Waals surface area contributed by atoms with E-state index in [4.69, 9.17) is 0 Å². The van der Waals surface area contributed by atoms with Crippen LogP contribution in [0.4, 0.5) is 0 Å². The van der Waals surface area contributed by atoms with Gasteiger partial charge in [-0.25, -0.2) is 4.98 Å².